The minimum Gasteiger partial charge on any atom is -0.361 e. The van der Waals surface area contributed by atoms with Gasteiger partial charge in [0, 0.05) is 35.7 Å². The number of rotatable bonds is 6. The number of aromatic amines is 1. The summed E-state index contributed by atoms with van der Waals surface area (Å²) in [5.41, 5.74) is 2.06. The number of para-hydroxylation sites is 1. The van der Waals surface area contributed by atoms with E-state index in [1.54, 1.807) is 18.3 Å². The lowest BCUT2D eigenvalue weighted by molar-refractivity contribution is -0.137. The Morgan fingerprint density at radius 2 is 1.80 bits per heavy atom. The molecule has 0 aliphatic heterocycles. The number of fused-ring (bicyclic) bond motifs is 1. The normalized spacial score (nSPS) is 14.4. The molecule has 3 rings (SSSR count). The predicted octanol–water partition coefficient (Wildman–Crippen LogP) is 5.41. The lowest BCUT2D eigenvalue weighted by Gasteiger charge is -2.23. The Morgan fingerprint density at radius 1 is 1.13 bits per heavy atom. The number of benzene rings is 2. The molecule has 0 spiro atoms. The van der Waals surface area contributed by atoms with E-state index >= 15 is 0 Å². The van der Waals surface area contributed by atoms with Gasteiger partial charge in [0.25, 0.3) is 0 Å². The molecular weight excluding hydrogens is 413 g/mol. The maximum absolute atomic E-state index is 13.0. The van der Waals surface area contributed by atoms with Crippen molar-refractivity contribution in [3.05, 3.63) is 70.9 Å². The Labute approximate surface area is 173 Å². The number of nitrogens with one attached hydrogen (secondary N) is 1. The average Bonchev–Trinajstić information content (AvgIpc) is 3.06. The second kappa shape index (κ2) is 8.15. The topological polar surface area (TPSA) is 73.7 Å². The second-order valence-electron chi connectivity index (χ2n) is 7.59. The van der Waals surface area contributed by atoms with Gasteiger partial charge >= 0.3 is 6.18 Å². The van der Waals surface area contributed by atoms with Crippen LogP contribution in [0.1, 0.15) is 41.5 Å². The summed E-state index contributed by atoms with van der Waals surface area (Å²) >= 11 is 0. The van der Waals surface area contributed by atoms with E-state index in [4.69, 9.17) is 0 Å². The highest BCUT2D eigenvalue weighted by Gasteiger charge is 2.31. The first kappa shape index (κ1) is 21.9. The van der Waals surface area contributed by atoms with Crippen LogP contribution in [0.5, 0.6) is 0 Å². The van der Waals surface area contributed by atoms with Gasteiger partial charge in [-0.25, -0.2) is 8.42 Å². The number of alkyl halides is 3. The quantitative estimate of drug-likeness (QED) is 0.564. The number of sulfone groups is 1. The van der Waals surface area contributed by atoms with E-state index in [-0.39, 0.29) is 24.0 Å². The lowest BCUT2D eigenvalue weighted by atomic mass is 9.80. The van der Waals surface area contributed by atoms with Gasteiger partial charge in [-0.15, -0.1) is 0 Å². The van der Waals surface area contributed by atoms with Crippen LogP contribution < -0.4 is 0 Å². The highest BCUT2D eigenvalue weighted by atomic mass is 32.2. The molecule has 0 bridgehead atoms. The maximum Gasteiger partial charge on any atom is 0.416 e. The van der Waals surface area contributed by atoms with E-state index in [9.17, 15) is 26.9 Å². The Balaban J connectivity index is 2.13. The smallest absolute Gasteiger partial charge is 0.361 e. The zero-order valence-electron chi connectivity index (χ0n) is 16.5. The molecule has 4 nitrogen and oxygen atoms in total. The van der Waals surface area contributed by atoms with Crippen molar-refractivity contribution in [2.24, 2.45) is 5.92 Å². The van der Waals surface area contributed by atoms with Crippen molar-refractivity contribution >= 4 is 20.7 Å². The molecule has 30 heavy (non-hydrogen) atoms. The van der Waals surface area contributed by atoms with Gasteiger partial charge in [0.15, 0.2) is 9.84 Å². The van der Waals surface area contributed by atoms with Crippen LogP contribution in [0, 0.1) is 17.2 Å². The van der Waals surface area contributed by atoms with Crippen molar-refractivity contribution in [2.75, 3.05) is 6.26 Å². The Hall–Kier alpha value is -2.79. The maximum atomic E-state index is 13.0. The molecule has 0 amide bonds. The summed E-state index contributed by atoms with van der Waals surface area (Å²) in [6.07, 6.45) is -1.28. The van der Waals surface area contributed by atoms with Gasteiger partial charge in [-0.1, -0.05) is 37.3 Å². The third-order valence-corrected chi connectivity index (χ3v) is 6.00. The number of nitrogens with zero attached hydrogens (tertiary/aromatic N) is 1. The van der Waals surface area contributed by atoms with Crippen LogP contribution in [-0.2, 0) is 21.8 Å². The van der Waals surface area contributed by atoms with Crippen LogP contribution in [0.2, 0.25) is 0 Å². The fourth-order valence-corrected chi connectivity index (χ4v) is 4.66. The van der Waals surface area contributed by atoms with Gasteiger partial charge in [-0.3, -0.25) is 0 Å². The first-order valence-corrected chi connectivity index (χ1v) is 11.4. The number of nitriles is 1. The zero-order valence-corrected chi connectivity index (χ0v) is 17.3. The van der Waals surface area contributed by atoms with E-state index in [0.717, 1.165) is 29.3 Å². The molecular formula is C22H21F3N2O2S. The average molecular weight is 434 g/mol. The summed E-state index contributed by atoms with van der Waals surface area (Å²) in [6, 6.07) is 12.5. The Kier molecular flexibility index (Phi) is 5.95. The molecule has 3 aromatic rings. The summed E-state index contributed by atoms with van der Waals surface area (Å²) in [5.74, 6) is -0.610. The van der Waals surface area contributed by atoms with Crippen molar-refractivity contribution < 1.29 is 21.6 Å². The van der Waals surface area contributed by atoms with Gasteiger partial charge in [0.05, 0.1) is 17.4 Å². The standard InChI is InChI=1S/C22H21F3N2O2S/c1-14(10-11-26)20(15-6-8-17(9-7-15)22(23,24)25)19-12-27-21-16(13-30(2,28)29)4-3-5-18(19)21/h3-9,12,14,20,27H,10,13H2,1-2H3. The first-order chi connectivity index (χ1) is 14.0. The van der Waals surface area contributed by atoms with Crippen molar-refractivity contribution in [2.45, 2.75) is 31.2 Å². The summed E-state index contributed by atoms with van der Waals surface area (Å²) < 4.78 is 62.4. The minimum atomic E-state index is -4.42. The van der Waals surface area contributed by atoms with E-state index in [1.807, 2.05) is 13.0 Å². The zero-order chi connectivity index (χ0) is 22.1. The molecule has 2 atom stereocenters. The van der Waals surface area contributed by atoms with E-state index in [0.29, 0.717) is 16.6 Å². The van der Waals surface area contributed by atoms with Crippen LogP contribution in [-0.4, -0.2) is 19.7 Å². The van der Waals surface area contributed by atoms with Gasteiger partial charge in [-0.05, 0) is 34.7 Å². The minimum absolute atomic E-state index is 0.122. The van der Waals surface area contributed by atoms with E-state index in [1.165, 1.54) is 12.1 Å². The first-order valence-electron chi connectivity index (χ1n) is 9.32. The number of halogens is 3. The molecule has 0 aliphatic carbocycles. The number of hydrogen-bond donors (Lipinski definition) is 1. The molecule has 0 aliphatic rings. The molecule has 1 heterocycles. The Bertz CT molecular complexity index is 1190. The van der Waals surface area contributed by atoms with Crippen LogP contribution in [0.3, 0.4) is 0 Å². The highest BCUT2D eigenvalue weighted by molar-refractivity contribution is 7.89. The molecule has 1 aromatic heterocycles. The largest absolute Gasteiger partial charge is 0.416 e. The summed E-state index contributed by atoms with van der Waals surface area (Å²) in [7, 11) is -3.25. The van der Waals surface area contributed by atoms with Gasteiger partial charge < -0.3 is 4.98 Å². The third-order valence-electron chi connectivity index (χ3n) is 5.17. The van der Waals surface area contributed by atoms with E-state index < -0.39 is 21.6 Å². The van der Waals surface area contributed by atoms with E-state index in [2.05, 4.69) is 11.1 Å². The molecule has 158 valence electrons. The van der Waals surface area contributed by atoms with Crippen molar-refractivity contribution in [1.82, 2.24) is 4.98 Å². The lowest BCUT2D eigenvalue weighted by Crippen LogP contribution is -2.12. The second-order valence-corrected chi connectivity index (χ2v) is 9.73. The monoisotopic (exact) mass is 434 g/mol. The summed E-state index contributed by atoms with van der Waals surface area (Å²) in [6.45, 7) is 1.88. The fourth-order valence-electron chi connectivity index (χ4n) is 3.85. The molecule has 0 radical (unpaired) electrons. The van der Waals surface area contributed by atoms with Gasteiger partial charge in [-0.2, -0.15) is 18.4 Å². The molecule has 1 N–H and O–H groups in total. The van der Waals surface area contributed by atoms with Crippen LogP contribution in [0.4, 0.5) is 13.2 Å². The van der Waals surface area contributed by atoms with Crippen LogP contribution in [0.15, 0.2) is 48.7 Å². The number of aromatic nitrogens is 1. The van der Waals surface area contributed by atoms with Gasteiger partial charge in [0.2, 0.25) is 0 Å². The third kappa shape index (κ3) is 4.68. The number of hydrogen-bond acceptors (Lipinski definition) is 3. The fraction of sp³-hybridized carbons (Fsp3) is 0.318. The van der Waals surface area contributed by atoms with Crippen molar-refractivity contribution in [1.29, 1.82) is 5.26 Å². The van der Waals surface area contributed by atoms with Crippen LogP contribution >= 0.6 is 0 Å². The van der Waals surface area contributed by atoms with Crippen molar-refractivity contribution in [3.63, 3.8) is 0 Å². The molecule has 8 heteroatoms. The van der Waals surface area contributed by atoms with Crippen molar-refractivity contribution in [3.8, 4) is 6.07 Å². The molecule has 0 saturated carbocycles. The summed E-state index contributed by atoms with van der Waals surface area (Å²) in [4.78, 5) is 3.13. The Morgan fingerprint density at radius 3 is 2.37 bits per heavy atom. The summed E-state index contributed by atoms with van der Waals surface area (Å²) in [5, 5.41) is 9.99. The highest BCUT2D eigenvalue weighted by Crippen LogP contribution is 2.39. The van der Waals surface area contributed by atoms with Gasteiger partial charge in [0.1, 0.15) is 0 Å². The molecule has 2 unspecified atom stereocenters. The SMILES string of the molecule is CC(CC#N)C(c1ccc(C(F)(F)F)cc1)c1c[nH]c2c(CS(C)(=O)=O)cccc12. The van der Waals surface area contributed by atoms with Crippen LogP contribution in [0.25, 0.3) is 10.9 Å². The predicted molar refractivity (Wildman–Crippen MR) is 110 cm³/mol. The number of H-pyrrole nitrogens is 1. The molecule has 2 aromatic carbocycles. The molecule has 0 saturated heterocycles. The molecule has 0 fully saturated rings.